The first-order chi connectivity index (χ1) is 27.7. The Hall–Kier alpha value is -7.63. The molecule has 0 radical (unpaired) electrons. The lowest BCUT2D eigenvalue weighted by Gasteiger charge is -2.13. The molecule has 0 fully saturated rings. The molecule has 0 unspecified atom stereocenters. The second kappa shape index (κ2) is 11.9. The van der Waals surface area contributed by atoms with Gasteiger partial charge < -0.3 is 8.83 Å². The quantitative estimate of drug-likeness (QED) is 0.170. The minimum Gasteiger partial charge on any atom is -0.456 e. The van der Waals surface area contributed by atoms with Gasteiger partial charge in [0.15, 0.2) is 17.5 Å². The van der Waals surface area contributed by atoms with Gasteiger partial charge in [-0.15, -0.1) is 0 Å². The summed E-state index contributed by atoms with van der Waals surface area (Å²) in [6, 6.07) is 60.9. The standard InChI is InChI=1S/C51H29N3O2/c1-2-12-33-32(11-1)29-42(36-14-4-3-13-35(33)36)51-53-49(31-25-23-30(24-26-31)34-17-10-22-45-47(34)40-15-5-7-20-43(40)55-45)52-50(54-51)39-19-9-18-38-37(39)27-28-46-48(38)41-16-6-8-21-44(41)56-46/h1-29H. The maximum atomic E-state index is 6.27. The third-order valence-electron chi connectivity index (χ3n) is 11.1. The summed E-state index contributed by atoms with van der Waals surface area (Å²) in [5, 5.41) is 11.1. The van der Waals surface area contributed by atoms with Crippen LogP contribution in [0.3, 0.4) is 0 Å². The van der Waals surface area contributed by atoms with E-state index in [2.05, 4.69) is 146 Å². The van der Waals surface area contributed by atoms with Gasteiger partial charge in [0.05, 0.1) is 0 Å². The van der Waals surface area contributed by atoms with Crippen molar-refractivity contribution in [2.75, 3.05) is 0 Å². The first-order valence-corrected chi connectivity index (χ1v) is 18.8. The topological polar surface area (TPSA) is 65.0 Å². The summed E-state index contributed by atoms with van der Waals surface area (Å²) >= 11 is 0. The molecule has 0 amide bonds. The Balaban J connectivity index is 1.08. The lowest BCUT2D eigenvalue weighted by Crippen LogP contribution is -2.01. The summed E-state index contributed by atoms with van der Waals surface area (Å²) in [7, 11) is 0. The van der Waals surface area contributed by atoms with E-state index in [9.17, 15) is 0 Å². The van der Waals surface area contributed by atoms with Gasteiger partial charge in [-0.3, -0.25) is 0 Å². The highest BCUT2D eigenvalue weighted by Crippen LogP contribution is 2.41. The van der Waals surface area contributed by atoms with Crippen LogP contribution in [-0.2, 0) is 0 Å². The number of rotatable bonds is 4. The van der Waals surface area contributed by atoms with E-state index < -0.39 is 0 Å². The van der Waals surface area contributed by atoms with Gasteiger partial charge in [0, 0.05) is 38.2 Å². The molecule has 0 aliphatic rings. The molecule has 5 nitrogen and oxygen atoms in total. The predicted octanol–water partition coefficient (Wildman–Crippen LogP) is 13.8. The van der Waals surface area contributed by atoms with Crippen LogP contribution >= 0.6 is 0 Å². The first kappa shape index (κ1) is 30.8. The number of hydrogen-bond donors (Lipinski definition) is 0. The molecule has 0 aliphatic heterocycles. The van der Waals surface area contributed by atoms with Gasteiger partial charge in [0.2, 0.25) is 0 Å². The number of para-hydroxylation sites is 2. The van der Waals surface area contributed by atoms with Crippen LogP contribution in [0.4, 0.5) is 0 Å². The molecule has 0 N–H and O–H groups in total. The molecule has 0 bridgehead atoms. The van der Waals surface area contributed by atoms with Crippen molar-refractivity contribution in [3.8, 4) is 45.3 Å². The van der Waals surface area contributed by atoms with Gasteiger partial charge in [-0.1, -0.05) is 140 Å². The largest absolute Gasteiger partial charge is 0.456 e. The molecule has 0 saturated heterocycles. The normalized spacial score (nSPS) is 11.9. The highest BCUT2D eigenvalue weighted by molar-refractivity contribution is 6.21. The van der Waals surface area contributed by atoms with Gasteiger partial charge in [-0.05, 0) is 79.8 Å². The summed E-state index contributed by atoms with van der Waals surface area (Å²) in [6.07, 6.45) is 0. The fourth-order valence-electron chi connectivity index (χ4n) is 8.58. The number of furan rings is 2. The molecule has 0 spiro atoms. The molecular weight excluding hydrogens is 687 g/mol. The SMILES string of the molecule is c1ccc2c(c1)cc(-c1nc(-c3ccc(-c4cccc5oc6ccccc6c45)cc3)nc(-c3cccc4c3ccc3oc5ccccc5c34)n1)c1ccccc12. The van der Waals surface area contributed by atoms with Crippen molar-refractivity contribution >= 4 is 76.2 Å². The summed E-state index contributed by atoms with van der Waals surface area (Å²) in [5.74, 6) is 1.84. The maximum Gasteiger partial charge on any atom is 0.164 e. The first-order valence-electron chi connectivity index (χ1n) is 18.8. The molecule has 3 heterocycles. The molecule has 5 heteroatoms. The molecular formula is C51H29N3O2. The lowest BCUT2D eigenvalue weighted by atomic mass is 9.96. The van der Waals surface area contributed by atoms with Crippen LogP contribution in [0.5, 0.6) is 0 Å². The second-order valence-corrected chi connectivity index (χ2v) is 14.3. The minimum absolute atomic E-state index is 0.604. The van der Waals surface area contributed by atoms with Crippen LogP contribution in [0.2, 0.25) is 0 Å². The molecule has 0 saturated carbocycles. The van der Waals surface area contributed by atoms with E-state index in [1.54, 1.807) is 0 Å². The fraction of sp³-hybridized carbons (Fsp3) is 0. The van der Waals surface area contributed by atoms with E-state index in [-0.39, 0.29) is 0 Å². The van der Waals surface area contributed by atoms with Crippen molar-refractivity contribution in [3.05, 3.63) is 176 Å². The van der Waals surface area contributed by atoms with Crippen molar-refractivity contribution in [2.45, 2.75) is 0 Å². The summed E-state index contributed by atoms with van der Waals surface area (Å²) in [5.41, 5.74) is 8.48. The van der Waals surface area contributed by atoms with Crippen molar-refractivity contribution in [1.82, 2.24) is 15.0 Å². The zero-order valence-electron chi connectivity index (χ0n) is 29.9. The Bertz CT molecular complexity index is 3540. The summed E-state index contributed by atoms with van der Waals surface area (Å²) < 4.78 is 12.5. The monoisotopic (exact) mass is 715 g/mol. The molecule has 260 valence electrons. The number of nitrogens with zero attached hydrogens (tertiary/aromatic N) is 3. The van der Waals surface area contributed by atoms with Gasteiger partial charge in [0.25, 0.3) is 0 Å². The number of benzene rings is 9. The average molecular weight is 716 g/mol. The van der Waals surface area contributed by atoms with Crippen molar-refractivity contribution < 1.29 is 8.83 Å². The third kappa shape index (κ3) is 4.64. The minimum atomic E-state index is 0.604. The van der Waals surface area contributed by atoms with E-state index >= 15 is 0 Å². The van der Waals surface area contributed by atoms with E-state index in [4.69, 9.17) is 23.8 Å². The van der Waals surface area contributed by atoms with Gasteiger partial charge >= 0.3 is 0 Å². The molecule has 12 aromatic rings. The van der Waals surface area contributed by atoms with Gasteiger partial charge in [-0.25, -0.2) is 15.0 Å². The van der Waals surface area contributed by atoms with Crippen LogP contribution in [-0.4, -0.2) is 15.0 Å². The van der Waals surface area contributed by atoms with E-state index in [1.807, 2.05) is 30.3 Å². The van der Waals surface area contributed by atoms with Crippen LogP contribution in [0.15, 0.2) is 185 Å². The Morgan fingerprint density at radius 3 is 1.59 bits per heavy atom. The molecule has 12 rings (SSSR count). The maximum absolute atomic E-state index is 6.27. The molecule has 56 heavy (non-hydrogen) atoms. The Morgan fingerprint density at radius 2 is 0.804 bits per heavy atom. The lowest BCUT2D eigenvalue weighted by molar-refractivity contribution is 0.668. The Morgan fingerprint density at radius 1 is 0.286 bits per heavy atom. The smallest absolute Gasteiger partial charge is 0.164 e. The van der Waals surface area contributed by atoms with E-state index in [0.717, 1.165) is 98.6 Å². The number of aromatic nitrogens is 3. The fourth-order valence-corrected chi connectivity index (χ4v) is 8.58. The average Bonchev–Trinajstić information content (AvgIpc) is 3.85. The zero-order chi connectivity index (χ0) is 36.7. The van der Waals surface area contributed by atoms with E-state index in [0.29, 0.717) is 17.5 Å². The van der Waals surface area contributed by atoms with Crippen LogP contribution in [0.25, 0.3) is 121 Å². The number of fused-ring (bicyclic) bond motifs is 11. The molecule has 9 aromatic carbocycles. The summed E-state index contributed by atoms with van der Waals surface area (Å²) in [6.45, 7) is 0. The van der Waals surface area contributed by atoms with Crippen molar-refractivity contribution in [2.24, 2.45) is 0 Å². The summed E-state index contributed by atoms with van der Waals surface area (Å²) in [4.78, 5) is 15.8. The molecule has 3 aromatic heterocycles. The third-order valence-corrected chi connectivity index (χ3v) is 11.1. The Kier molecular flexibility index (Phi) is 6.56. The zero-order valence-corrected chi connectivity index (χ0v) is 29.9. The predicted molar refractivity (Wildman–Crippen MR) is 229 cm³/mol. The van der Waals surface area contributed by atoms with Crippen LogP contribution in [0.1, 0.15) is 0 Å². The van der Waals surface area contributed by atoms with Crippen molar-refractivity contribution in [3.63, 3.8) is 0 Å². The van der Waals surface area contributed by atoms with Gasteiger partial charge in [-0.2, -0.15) is 0 Å². The highest BCUT2D eigenvalue weighted by atomic mass is 16.3. The van der Waals surface area contributed by atoms with Crippen LogP contribution in [0, 0.1) is 0 Å². The van der Waals surface area contributed by atoms with Crippen molar-refractivity contribution in [1.29, 1.82) is 0 Å². The molecule has 0 aliphatic carbocycles. The highest BCUT2D eigenvalue weighted by Gasteiger charge is 2.19. The van der Waals surface area contributed by atoms with Crippen LogP contribution < -0.4 is 0 Å². The van der Waals surface area contributed by atoms with Gasteiger partial charge in [0.1, 0.15) is 22.3 Å². The Labute approximate surface area is 320 Å². The van der Waals surface area contributed by atoms with E-state index in [1.165, 1.54) is 5.39 Å². The molecule has 0 atom stereocenters. The number of hydrogen-bond acceptors (Lipinski definition) is 5. The second-order valence-electron chi connectivity index (χ2n) is 14.3.